The second-order valence-corrected chi connectivity index (χ2v) is 4.35. The van der Waals surface area contributed by atoms with Gasteiger partial charge in [0, 0.05) is 0 Å². The zero-order valence-corrected chi connectivity index (χ0v) is 10.9. The first-order valence-electron chi connectivity index (χ1n) is 6.50. The molecule has 0 bridgehead atoms. The lowest BCUT2D eigenvalue weighted by molar-refractivity contribution is -0.158. The topological polar surface area (TPSA) is 46.5 Å². The molecule has 0 radical (unpaired) electrons. The summed E-state index contributed by atoms with van der Waals surface area (Å²) in [6.45, 7) is 5.64. The van der Waals surface area contributed by atoms with Crippen LogP contribution in [-0.4, -0.2) is 23.3 Å². The molecule has 96 valence electrons. The van der Waals surface area contributed by atoms with Gasteiger partial charge in [-0.2, -0.15) is 0 Å². The van der Waals surface area contributed by atoms with Crippen LogP contribution in [0.2, 0.25) is 0 Å². The van der Waals surface area contributed by atoms with Crippen LogP contribution >= 0.6 is 0 Å². The van der Waals surface area contributed by atoms with Crippen molar-refractivity contribution in [3.63, 3.8) is 0 Å². The van der Waals surface area contributed by atoms with Gasteiger partial charge in [-0.15, -0.1) is 0 Å². The maximum atomic E-state index is 11.2. The largest absolute Gasteiger partial charge is 0.460 e. The number of ether oxygens (including phenoxy) is 1. The lowest BCUT2D eigenvalue weighted by Gasteiger charge is -2.17. The quantitative estimate of drug-likeness (QED) is 0.489. The number of rotatable bonds is 9. The van der Waals surface area contributed by atoms with Crippen LogP contribution in [0.4, 0.5) is 0 Å². The third kappa shape index (κ3) is 7.69. The van der Waals surface area contributed by atoms with Gasteiger partial charge in [0.15, 0.2) is 0 Å². The maximum Gasteiger partial charge on any atom is 0.334 e. The van der Waals surface area contributed by atoms with Crippen molar-refractivity contribution in [1.29, 1.82) is 0 Å². The standard InChI is InChI=1S/C13H26O3/c1-4-6-7-8-9-10-12(5-2)16-13(15)11(3)14/h11-12,14H,4-10H2,1-3H3. The number of hydrogen-bond donors (Lipinski definition) is 1. The highest BCUT2D eigenvalue weighted by Gasteiger charge is 2.16. The molecule has 0 heterocycles. The molecule has 0 saturated heterocycles. The van der Waals surface area contributed by atoms with E-state index < -0.39 is 12.1 Å². The van der Waals surface area contributed by atoms with Crippen molar-refractivity contribution in [3.8, 4) is 0 Å². The van der Waals surface area contributed by atoms with Crippen LogP contribution in [0.1, 0.15) is 65.7 Å². The summed E-state index contributed by atoms with van der Waals surface area (Å²) in [7, 11) is 0. The minimum atomic E-state index is -1.01. The third-order valence-electron chi connectivity index (χ3n) is 2.71. The van der Waals surface area contributed by atoms with E-state index in [1.807, 2.05) is 6.92 Å². The predicted octanol–water partition coefficient (Wildman–Crippen LogP) is 3.05. The van der Waals surface area contributed by atoms with Crippen molar-refractivity contribution in [3.05, 3.63) is 0 Å². The molecule has 1 N–H and O–H groups in total. The SMILES string of the molecule is CCCCCCCC(CC)OC(=O)C(C)O. The van der Waals surface area contributed by atoms with E-state index >= 15 is 0 Å². The molecule has 2 unspecified atom stereocenters. The van der Waals surface area contributed by atoms with E-state index in [0.29, 0.717) is 0 Å². The number of aliphatic hydroxyl groups excluding tert-OH is 1. The number of carbonyl (C=O) groups is 1. The predicted molar refractivity (Wildman–Crippen MR) is 65.2 cm³/mol. The van der Waals surface area contributed by atoms with Gasteiger partial charge in [-0.3, -0.25) is 0 Å². The average Bonchev–Trinajstić information content (AvgIpc) is 2.26. The Kier molecular flexibility index (Phi) is 9.30. The molecule has 3 heteroatoms. The lowest BCUT2D eigenvalue weighted by Crippen LogP contribution is -2.25. The third-order valence-corrected chi connectivity index (χ3v) is 2.71. The van der Waals surface area contributed by atoms with Gasteiger partial charge in [0.05, 0.1) is 0 Å². The molecule has 0 aromatic heterocycles. The zero-order chi connectivity index (χ0) is 12.4. The fraction of sp³-hybridized carbons (Fsp3) is 0.923. The van der Waals surface area contributed by atoms with Gasteiger partial charge in [-0.25, -0.2) is 4.79 Å². The van der Waals surface area contributed by atoms with Crippen LogP contribution in [-0.2, 0) is 9.53 Å². The van der Waals surface area contributed by atoms with Gasteiger partial charge in [-0.05, 0) is 26.2 Å². The first-order valence-corrected chi connectivity index (χ1v) is 6.50. The number of unbranched alkanes of at least 4 members (excludes halogenated alkanes) is 4. The summed E-state index contributed by atoms with van der Waals surface area (Å²) >= 11 is 0. The Morgan fingerprint density at radius 2 is 1.81 bits per heavy atom. The first-order chi connectivity index (χ1) is 7.61. The summed E-state index contributed by atoms with van der Waals surface area (Å²) in [5.74, 6) is -0.500. The Labute approximate surface area is 99.2 Å². The van der Waals surface area contributed by atoms with E-state index in [0.717, 1.165) is 19.3 Å². The maximum absolute atomic E-state index is 11.2. The van der Waals surface area contributed by atoms with Crippen molar-refractivity contribution in [1.82, 2.24) is 0 Å². The lowest BCUT2D eigenvalue weighted by atomic mass is 10.1. The summed E-state index contributed by atoms with van der Waals surface area (Å²) in [5, 5.41) is 9.03. The summed E-state index contributed by atoms with van der Waals surface area (Å²) in [6.07, 6.45) is 6.81. The van der Waals surface area contributed by atoms with E-state index in [9.17, 15) is 4.79 Å². The number of aliphatic hydroxyl groups is 1. The van der Waals surface area contributed by atoms with Gasteiger partial charge in [0.25, 0.3) is 0 Å². The van der Waals surface area contributed by atoms with Crippen molar-refractivity contribution in [2.24, 2.45) is 0 Å². The van der Waals surface area contributed by atoms with Crippen LogP contribution in [0.15, 0.2) is 0 Å². The monoisotopic (exact) mass is 230 g/mol. The van der Waals surface area contributed by atoms with E-state index in [2.05, 4.69) is 6.92 Å². The Hall–Kier alpha value is -0.570. The molecular formula is C13H26O3. The molecule has 2 atom stereocenters. The van der Waals surface area contributed by atoms with Crippen molar-refractivity contribution < 1.29 is 14.6 Å². The minimum Gasteiger partial charge on any atom is -0.460 e. The normalized spacial score (nSPS) is 14.5. The fourth-order valence-corrected chi connectivity index (χ4v) is 1.58. The second kappa shape index (κ2) is 9.64. The second-order valence-electron chi connectivity index (χ2n) is 4.35. The number of carbonyl (C=O) groups excluding carboxylic acids is 1. The molecule has 0 amide bonds. The van der Waals surface area contributed by atoms with Gasteiger partial charge in [0.2, 0.25) is 0 Å². The van der Waals surface area contributed by atoms with Crippen molar-refractivity contribution in [2.45, 2.75) is 77.9 Å². The van der Waals surface area contributed by atoms with E-state index in [1.54, 1.807) is 0 Å². The molecule has 0 rings (SSSR count). The van der Waals surface area contributed by atoms with Crippen LogP contribution in [0, 0.1) is 0 Å². The van der Waals surface area contributed by atoms with E-state index in [4.69, 9.17) is 9.84 Å². The molecule has 16 heavy (non-hydrogen) atoms. The Morgan fingerprint density at radius 1 is 1.19 bits per heavy atom. The smallest absolute Gasteiger partial charge is 0.334 e. The highest BCUT2D eigenvalue weighted by molar-refractivity contribution is 5.73. The van der Waals surface area contributed by atoms with Gasteiger partial charge in [0.1, 0.15) is 12.2 Å². The van der Waals surface area contributed by atoms with Crippen LogP contribution in [0.5, 0.6) is 0 Å². The van der Waals surface area contributed by atoms with Crippen LogP contribution < -0.4 is 0 Å². The molecule has 0 aliphatic heterocycles. The van der Waals surface area contributed by atoms with Gasteiger partial charge < -0.3 is 9.84 Å². The van der Waals surface area contributed by atoms with Crippen molar-refractivity contribution in [2.75, 3.05) is 0 Å². The van der Waals surface area contributed by atoms with Crippen molar-refractivity contribution >= 4 is 5.97 Å². The van der Waals surface area contributed by atoms with Gasteiger partial charge >= 0.3 is 5.97 Å². The minimum absolute atomic E-state index is 0.0243. The Bertz CT molecular complexity index is 178. The summed E-state index contributed by atoms with van der Waals surface area (Å²) < 4.78 is 5.18. The fourth-order valence-electron chi connectivity index (χ4n) is 1.58. The summed E-state index contributed by atoms with van der Waals surface area (Å²) in [6, 6.07) is 0. The molecule has 0 aliphatic carbocycles. The average molecular weight is 230 g/mol. The highest BCUT2D eigenvalue weighted by atomic mass is 16.6. The Morgan fingerprint density at radius 3 is 2.31 bits per heavy atom. The van der Waals surface area contributed by atoms with Crippen LogP contribution in [0.25, 0.3) is 0 Å². The van der Waals surface area contributed by atoms with Crippen LogP contribution in [0.3, 0.4) is 0 Å². The Balaban J connectivity index is 3.63. The molecule has 0 aromatic rings. The molecule has 0 saturated carbocycles. The molecule has 0 spiro atoms. The molecule has 0 fully saturated rings. The molecule has 0 aliphatic rings. The zero-order valence-electron chi connectivity index (χ0n) is 10.9. The van der Waals surface area contributed by atoms with E-state index in [-0.39, 0.29) is 6.10 Å². The van der Waals surface area contributed by atoms with E-state index in [1.165, 1.54) is 32.6 Å². The summed E-state index contributed by atoms with van der Waals surface area (Å²) in [5.41, 5.74) is 0. The van der Waals surface area contributed by atoms with Gasteiger partial charge in [-0.1, -0.05) is 39.5 Å². The molecular weight excluding hydrogens is 204 g/mol. The number of esters is 1. The summed E-state index contributed by atoms with van der Waals surface area (Å²) in [4.78, 5) is 11.2. The molecule has 3 nitrogen and oxygen atoms in total. The first kappa shape index (κ1) is 15.4. The molecule has 0 aromatic carbocycles. The number of hydrogen-bond acceptors (Lipinski definition) is 3. The highest BCUT2D eigenvalue weighted by Crippen LogP contribution is 2.12.